The molecule has 0 amide bonds. The number of benzene rings is 4. The van der Waals surface area contributed by atoms with Gasteiger partial charge in [0.1, 0.15) is 11.5 Å². The largest absolute Gasteiger partial charge is 0.494 e. The summed E-state index contributed by atoms with van der Waals surface area (Å²) in [5.74, 6) is 1.75. The lowest BCUT2D eigenvalue weighted by molar-refractivity contribution is 0.340. The quantitative estimate of drug-likeness (QED) is 0.242. The van der Waals surface area contributed by atoms with Gasteiger partial charge in [0.25, 0.3) is 0 Å². The molecule has 0 bridgehead atoms. The summed E-state index contributed by atoms with van der Waals surface area (Å²) >= 11 is 0. The summed E-state index contributed by atoms with van der Waals surface area (Å²) in [4.78, 5) is 0. The van der Waals surface area contributed by atoms with E-state index in [0.717, 1.165) is 28.2 Å². The molecule has 4 aromatic carbocycles. The lowest BCUT2D eigenvalue weighted by Gasteiger charge is -2.12. The van der Waals surface area contributed by atoms with Crippen LogP contribution in [0.3, 0.4) is 0 Å². The van der Waals surface area contributed by atoms with Gasteiger partial charge in [-0.25, -0.2) is 0 Å². The first-order valence-electron chi connectivity index (χ1n) is 11.8. The van der Waals surface area contributed by atoms with Gasteiger partial charge >= 0.3 is 0 Å². The van der Waals surface area contributed by atoms with Crippen LogP contribution in [0.4, 0.5) is 0 Å². The molecule has 170 valence electrons. The third kappa shape index (κ3) is 5.85. The molecule has 0 unspecified atom stereocenters. The van der Waals surface area contributed by atoms with Crippen molar-refractivity contribution in [1.82, 2.24) is 0 Å². The van der Waals surface area contributed by atoms with Crippen molar-refractivity contribution in [2.24, 2.45) is 0 Å². The number of allylic oxidation sites excluding steroid dienone is 2. The van der Waals surface area contributed by atoms with Gasteiger partial charge in [-0.1, -0.05) is 97.1 Å². The van der Waals surface area contributed by atoms with Crippen LogP contribution in [-0.2, 0) is 0 Å². The average molecular weight is 447 g/mol. The maximum atomic E-state index is 5.65. The van der Waals surface area contributed by atoms with Crippen molar-refractivity contribution in [3.8, 4) is 11.5 Å². The van der Waals surface area contributed by atoms with Crippen LogP contribution < -0.4 is 9.47 Å². The molecular weight excluding hydrogens is 416 g/mol. The summed E-state index contributed by atoms with van der Waals surface area (Å²) < 4.78 is 11.3. The normalized spacial score (nSPS) is 10.3. The lowest BCUT2D eigenvalue weighted by atomic mass is 9.94. The number of rotatable bonds is 9. The highest BCUT2D eigenvalue weighted by Gasteiger charge is 2.08. The van der Waals surface area contributed by atoms with Gasteiger partial charge in [0.05, 0.1) is 13.2 Å². The van der Waals surface area contributed by atoms with E-state index in [0.29, 0.717) is 13.2 Å². The fourth-order valence-corrected chi connectivity index (χ4v) is 3.92. The van der Waals surface area contributed by atoms with Crippen LogP contribution in [0, 0.1) is 0 Å². The van der Waals surface area contributed by atoms with E-state index in [1.54, 1.807) is 0 Å². The van der Waals surface area contributed by atoms with Crippen LogP contribution >= 0.6 is 0 Å². The predicted molar refractivity (Wildman–Crippen MR) is 142 cm³/mol. The molecule has 0 heterocycles. The molecule has 0 saturated carbocycles. The maximum Gasteiger partial charge on any atom is 0.119 e. The van der Waals surface area contributed by atoms with Gasteiger partial charge in [-0.2, -0.15) is 0 Å². The zero-order valence-corrected chi connectivity index (χ0v) is 19.8. The molecule has 2 heteroatoms. The Morgan fingerprint density at radius 3 is 1.12 bits per heavy atom. The zero-order chi connectivity index (χ0) is 23.6. The average Bonchev–Trinajstić information content (AvgIpc) is 2.89. The molecule has 0 aromatic heterocycles. The van der Waals surface area contributed by atoms with E-state index in [1.807, 2.05) is 50.2 Å². The van der Waals surface area contributed by atoms with E-state index in [-0.39, 0.29) is 0 Å². The van der Waals surface area contributed by atoms with E-state index < -0.39 is 0 Å². The van der Waals surface area contributed by atoms with Crippen molar-refractivity contribution in [3.05, 3.63) is 144 Å². The fraction of sp³-hybridized carbons (Fsp3) is 0.125. The van der Waals surface area contributed by atoms with Crippen molar-refractivity contribution >= 4 is 11.1 Å². The van der Waals surface area contributed by atoms with Crippen LogP contribution in [-0.4, -0.2) is 13.2 Å². The molecule has 34 heavy (non-hydrogen) atoms. The predicted octanol–water partition coefficient (Wildman–Crippen LogP) is 8.05. The van der Waals surface area contributed by atoms with Gasteiger partial charge in [0, 0.05) is 0 Å². The van der Waals surface area contributed by atoms with Crippen LogP contribution in [0.25, 0.3) is 11.1 Å². The molecule has 0 aliphatic rings. The Hall–Kier alpha value is -4.04. The Morgan fingerprint density at radius 2 is 0.794 bits per heavy atom. The smallest absolute Gasteiger partial charge is 0.119 e. The highest BCUT2D eigenvalue weighted by molar-refractivity contribution is 5.86. The summed E-state index contributed by atoms with van der Waals surface area (Å²) in [6.45, 7) is 5.31. The second-order valence-electron chi connectivity index (χ2n) is 7.81. The van der Waals surface area contributed by atoms with Crippen LogP contribution in [0.1, 0.15) is 36.1 Å². The topological polar surface area (TPSA) is 18.5 Å². The van der Waals surface area contributed by atoms with Gasteiger partial charge in [-0.3, -0.25) is 0 Å². The Labute approximate surface area is 202 Å². The van der Waals surface area contributed by atoms with Gasteiger partial charge in [-0.05, 0) is 71.5 Å². The molecule has 0 aliphatic heterocycles. The molecule has 2 nitrogen and oxygen atoms in total. The third-order valence-electron chi connectivity index (χ3n) is 5.54. The minimum absolute atomic E-state index is 0.654. The number of hydrogen-bond donors (Lipinski definition) is 0. The molecule has 0 atom stereocenters. The lowest BCUT2D eigenvalue weighted by Crippen LogP contribution is -1.94. The summed E-state index contributed by atoms with van der Waals surface area (Å²) in [7, 11) is 0. The van der Waals surface area contributed by atoms with Crippen molar-refractivity contribution in [1.29, 1.82) is 0 Å². The first kappa shape index (κ1) is 23.1. The molecule has 0 saturated heterocycles. The van der Waals surface area contributed by atoms with E-state index in [9.17, 15) is 0 Å². The molecule has 0 aliphatic carbocycles. The third-order valence-corrected chi connectivity index (χ3v) is 5.54. The Morgan fingerprint density at radius 1 is 0.471 bits per heavy atom. The minimum Gasteiger partial charge on any atom is -0.494 e. The molecule has 0 N–H and O–H groups in total. The van der Waals surface area contributed by atoms with Gasteiger partial charge in [0.15, 0.2) is 0 Å². The van der Waals surface area contributed by atoms with Crippen molar-refractivity contribution in [2.45, 2.75) is 13.8 Å². The summed E-state index contributed by atoms with van der Waals surface area (Å²) in [5.41, 5.74) is 6.94. The highest BCUT2D eigenvalue weighted by atomic mass is 16.5. The second-order valence-corrected chi connectivity index (χ2v) is 7.81. The first-order valence-corrected chi connectivity index (χ1v) is 11.8. The monoisotopic (exact) mass is 446 g/mol. The Balaban J connectivity index is 1.82. The van der Waals surface area contributed by atoms with E-state index >= 15 is 0 Å². The first-order chi connectivity index (χ1) is 16.8. The van der Waals surface area contributed by atoms with Gasteiger partial charge in [0.2, 0.25) is 0 Å². The van der Waals surface area contributed by atoms with Gasteiger partial charge < -0.3 is 9.47 Å². The summed E-state index contributed by atoms with van der Waals surface area (Å²) in [6.07, 6.45) is 4.42. The van der Waals surface area contributed by atoms with Crippen molar-refractivity contribution in [2.75, 3.05) is 13.2 Å². The maximum absolute atomic E-state index is 5.65. The molecule has 0 spiro atoms. The van der Waals surface area contributed by atoms with Gasteiger partial charge in [-0.15, -0.1) is 0 Å². The Bertz CT molecular complexity index is 1130. The van der Waals surface area contributed by atoms with Crippen LogP contribution in [0.15, 0.2) is 121 Å². The minimum atomic E-state index is 0.654. The van der Waals surface area contributed by atoms with Crippen molar-refractivity contribution < 1.29 is 9.47 Å². The second kappa shape index (κ2) is 11.7. The van der Waals surface area contributed by atoms with E-state index in [2.05, 4.69) is 84.9 Å². The molecular formula is C32H30O2. The number of ether oxygens (including phenoxy) is 2. The summed E-state index contributed by atoms with van der Waals surface area (Å²) in [5, 5.41) is 0. The molecule has 0 fully saturated rings. The molecule has 0 radical (unpaired) electrons. The SMILES string of the molecule is CCOc1ccc(C(=CC=C(c2ccccc2)c2ccccc2)c2ccc(OCC)cc2)cc1. The summed E-state index contributed by atoms with van der Waals surface area (Å²) in [6, 6.07) is 37.6. The Kier molecular flexibility index (Phi) is 7.97. The van der Waals surface area contributed by atoms with Crippen molar-refractivity contribution in [3.63, 3.8) is 0 Å². The standard InChI is InChI=1S/C32H30O2/c1-3-33-29-19-15-27(16-20-29)32(28-17-21-30(22-18-28)34-4-2)24-23-31(25-11-7-5-8-12-25)26-13-9-6-10-14-26/h5-24H,3-4H2,1-2H3. The number of hydrogen-bond acceptors (Lipinski definition) is 2. The zero-order valence-electron chi connectivity index (χ0n) is 19.8. The molecule has 4 aromatic rings. The van der Waals surface area contributed by atoms with E-state index in [1.165, 1.54) is 16.7 Å². The van der Waals surface area contributed by atoms with E-state index in [4.69, 9.17) is 9.47 Å². The van der Waals surface area contributed by atoms with Crippen LogP contribution in [0.5, 0.6) is 11.5 Å². The molecule has 4 rings (SSSR count). The fourth-order valence-electron chi connectivity index (χ4n) is 3.92. The van der Waals surface area contributed by atoms with Crippen LogP contribution in [0.2, 0.25) is 0 Å². The highest BCUT2D eigenvalue weighted by Crippen LogP contribution is 2.29.